The molecule has 0 aromatic heterocycles. The summed E-state index contributed by atoms with van der Waals surface area (Å²) < 4.78 is 0. The number of phenolic OH excluding ortho intramolecular Hbond substituents is 2. The third-order valence-corrected chi connectivity index (χ3v) is 6.57. The summed E-state index contributed by atoms with van der Waals surface area (Å²) in [6.45, 7) is 3.57. The molecule has 23 heavy (non-hydrogen) atoms. The zero-order valence-electron chi connectivity index (χ0n) is 13.0. The Morgan fingerprint density at radius 1 is 1.04 bits per heavy atom. The lowest BCUT2D eigenvalue weighted by molar-refractivity contribution is -0.132. The summed E-state index contributed by atoms with van der Waals surface area (Å²) >= 11 is 0. The van der Waals surface area contributed by atoms with Crippen LogP contribution >= 0.6 is 7.92 Å². The summed E-state index contributed by atoms with van der Waals surface area (Å²) in [5.41, 5.74) is 4.71. The molecule has 1 amide bonds. The first-order valence-electron chi connectivity index (χ1n) is 7.34. The van der Waals surface area contributed by atoms with Crippen molar-refractivity contribution in [2.75, 3.05) is 6.66 Å². The van der Waals surface area contributed by atoms with Gasteiger partial charge in [-0.25, -0.2) is 5.43 Å². The highest BCUT2D eigenvalue weighted by molar-refractivity contribution is 7.57. The molecule has 5 nitrogen and oxygen atoms in total. The molecule has 0 aliphatic carbocycles. The molecule has 0 radical (unpaired) electrons. The van der Waals surface area contributed by atoms with E-state index in [4.69, 9.17) is 0 Å². The van der Waals surface area contributed by atoms with Gasteiger partial charge in [0.15, 0.2) is 0 Å². The van der Waals surface area contributed by atoms with E-state index in [1.165, 1.54) is 6.92 Å². The van der Waals surface area contributed by atoms with Crippen molar-refractivity contribution in [2.45, 2.75) is 18.5 Å². The maximum absolute atomic E-state index is 12.1. The number of nitrogens with zero attached hydrogens (tertiary/aromatic N) is 1. The smallest absolute Gasteiger partial charge is 0.234 e. The summed E-state index contributed by atoms with van der Waals surface area (Å²) in [4.78, 5) is 12.1. The predicted octanol–water partition coefficient (Wildman–Crippen LogP) is 3.27. The second-order valence-corrected chi connectivity index (χ2v) is 7.91. The second kappa shape index (κ2) is 6.19. The molecule has 3 N–H and O–H groups in total. The van der Waals surface area contributed by atoms with Crippen LogP contribution in [0.5, 0.6) is 11.5 Å². The highest BCUT2D eigenvalue weighted by Crippen LogP contribution is 2.65. The Hall–Kier alpha value is -2.10. The molecule has 1 aliphatic heterocycles. The van der Waals surface area contributed by atoms with E-state index in [9.17, 15) is 15.0 Å². The van der Waals surface area contributed by atoms with Crippen molar-refractivity contribution in [1.29, 1.82) is 0 Å². The van der Waals surface area contributed by atoms with Gasteiger partial charge in [-0.05, 0) is 18.8 Å². The van der Waals surface area contributed by atoms with E-state index in [1.54, 1.807) is 29.3 Å². The first-order chi connectivity index (χ1) is 11.0. The van der Waals surface area contributed by atoms with Crippen molar-refractivity contribution in [3.05, 3.63) is 59.7 Å². The quantitative estimate of drug-likeness (QED) is 0.739. The lowest BCUT2D eigenvalue weighted by Crippen LogP contribution is -2.37. The summed E-state index contributed by atoms with van der Waals surface area (Å²) in [6.07, 6.45) is 0. The van der Waals surface area contributed by atoms with Gasteiger partial charge in [-0.1, -0.05) is 44.3 Å². The number of hydrazine groups is 1. The van der Waals surface area contributed by atoms with Gasteiger partial charge in [0, 0.05) is 18.1 Å². The van der Waals surface area contributed by atoms with Gasteiger partial charge in [0.05, 0.1) is 11.6 Å². The first kappa shape index (κ1) is 15.8. The van der Waals surface area contributed by atoms with Crippen molar-refractivity contribution in [3.8, 4) is 11.5 Å². The molecule has 2 aromatic rings. The Morgan fingerprint density at radius 2 is 1.57 bits per heavy atom. The standard InChI is InChI=1S/C17H19N2O3P/c1-11(20)19-17(13-8-4-6-10-15(13)22)23(2)16(18-19)12-7-3-5-9-14(12)21/h3-10,16-18,21-22H,1-2H3/t16-,17-,23-/m0/s1. The maximum atomic E-state index is 12.1. The van der Waals surface area contributed by atoms with Gasteiger partial charge < -0.3 is 10.2 Å². The molecular formula is C17H19N2O3P. The number of hydrogen-bond acceptors (Lipinski definition) is 4. The predicted molar refractivity (Wildman–Crippen MR) is 90.2 cm³/mol. The Morgan fingerprint density at radius 3 is 2.09 bits per heavy atom. The monoisotopic (exact) mass is 330 g/mol. The fourth-order valence-electron chi connectivity index (χ4n) is 2.95. The molecule has 1 saturated heterocycles. The van der Waals surface area contributed by atoms with Crippen LogP contribution in [0.1, 0.15) is 29.6 Å². The van der Waals surface area contributed by atoms with Gasteiger partial charge >= 0.3 is 0 Å². The lowest BCUT2D eigenvalue weighted by Gasteiger charge is -2.25. The minimum absolute atomic E-state index is 0.120. The van der Waals surface area contributed by atoms with Crippen LogP contribution in [0, 0.1) is 0 Å². The van der Waals surface area contributed by atoms with Crippen LogP contribution in [0.15, 0.2) is 48.5 Å². The number of nitrogens with one attached hydrogen (secondary N) is 1. The SMILES string of the molecule is CC(=O)N1N[C@H](c2ccccc2O)[P@](C)[C@H]1c1ccccc1O. The van der Waals surface area contributed by atoms with E-state index >= 15 is 0 Å². The molecular weight excluding hydrogens is 311 g/mol. The van der Waals surface area contributed by atoms with Crippen LogP contribution in [-0.4, -0.2) is 27.8 Å². The normalized spacial score (nSPS) is 23.9. The van der Waals surface area contributed by atoms with E-state index in [0.717, 1.165) is 11.1 Å². The number of phenols is 2. The van der Waals surface area contributed by atoms with Crippen LogP contribution in [0.2, 0.25) is 0 Å². The molecule has 1 aliphatic rings. The zero-order valence-corrected chi connectivity index (χ0v) is 13.9. The number of para-hydroxylation sites is 2. The van der Waals surface area contributed by atoms with Gasteiger partial charge in [0.25, 0.3) is 0 Å². The molecule has 3 rings (SSSR count). The lowest BCUT2D eigenvalue weighted by atomic mass is 10.2. The van der Waals surface area contributed by atoms with Crippen LogP contribution in [0.4, 0.5) is 0 Å². The third kappa shape index (κ3) is 2.78. The second-order valence-electron chi connectivity index (χ2n) is 5.58. The van der Waals surface area contributed by atoms with E-state index in [-0.39, 0.29) is 29.0 Å². The Kier molecular flexibility index (Phi) is 4.24. The average Bonchev–Trinajstić information content (AvgIpc) is 2.86. The van der Waals surface area contributed by atoms with Gasteiger partial charge in [-0.2, -0.15) is 0 Å². The highest BCUT2D eigenvalue weighted by Gasteiger charge is 2.43. The fourth-order valence-corrected chi connectivity index (χ4v) is 5.45. The first-order valence-corrected chi connectivity index (χ1v) is 9.27. The summed E-state index contributed by atoms with van der Waals surface area (Å²) in [6, 6.07) is 14.2. The molecule has 1 fully saturated rings. The van der Waals surface area contributed by atoms with Crippen LogP contribution < -0.4 is 5.43 Å². The number of benzene rings is 2. The summed E-state index contributed by atoms with van der Waals surface area (Å²) in [7, 11) is -0.775. The van der Waals surface area contributed by atoms with Crippen molar-refractivity contribution in [1.82, 2.24) is 10.4 Å². The van der Waals surface area contributed by atoms with Crippen molar-refractivity contribution in [3.63, 3.8) is 0 Å². The molecule has 0 spiro atoms. The van der Waals surface area contributed by atoms with E-state index in [0.29, 0.717) is 0 Å². The van der Waals surface area contributed by atoms with Gasteiger partial charge in [0.1, 0.15) is 11.5 Å². The van der Waals surface area contributed by atoms with Crippen LogP contribution in [0.25, 0.3) is 0 Å². The summed E-state index contributed by atoms with van der Waals surface area (Å²) in [5, 5.41) is 21.9. The van der Waals surface area contributed by atoms with E-state index in [1.807, 2.05) is 24.3 Å². The number of hydrogen-bond donors (Lipinski definition) is 3. The molecule has 6 heteroatoms. The number of carbonyl (C=O) groups excluding carboxylic acids is 1. The van der Waals surface area contributed by atoms with Crippen LogP contribution in [0.3, 0.4) is 0 Å². The molecule has 120 valence electrons. The molecule has 3 atom stereocenters. The molecule has 2 aromatic carbocycles. The van der Waals surface area contributed by atoms with Crippen molar-refractivity contribution >= 4 is 13.8 Å². The summed E-state index contributed by atoms with van der Waals surface area (Å²) in [5.74, 6) is -0.128. The number of amides is 1. The zero-order chi connectivity index (χ0) is 16.6. The Labute approximate surface area is 136 Å². The molecule has 0 saturated carbocycles. The fraction of sp³-hybridized carbons (Fsp3) is 0.235. The van der Waals surface area contributed by atoms with E-state index < -0.39 is 7.92 Å². The maximum Gasteiger partial charge on any atom is 0.234 e. The minimum Gasteiger partial charge on any atom is -0.508 e. The molecule has 1 heterocycles. The number of carbonyl (C=O) groups is 1. The van der Waals surface area contributed by atoms with Gasteiger partial charge in [-0.15, -0.1) is 0 Å². The average molecular weight is 330 g/mol. The minimum atomic E-state index is -0.775. The molecule has 0 unspecified atom stereocenters. The van der Waals surface area contributed by atoms with Gasteiger partial charge in [0.2, 0.25) is 5.91 Å². The van der Waals surface area contributed by atoms with Gasteiger partial charge in [-0.3, -0.25) is 9.80 Å². The number of aromatic hydroxyl groups is 2. The van der Waals surface area contributed by atoms with Crippen molar-refractivity contribution in [2.24, 2.45) is 0 Å². The van der Waals surface area contributed by atoms with E-state index in [2.05, 4.69) is 12.1 Å². The topological polar surface area (TPSA) is 72.8 Å². The van der Waals surface area contributed by atoms with Crippen LogP contribution in [-0.2, 0) is 4.79 Å². The highest BCUT2D eigenvalue weighted by atomic mass is 31.1. The largest absolute Gasteiger partial charge is 0.508 e. The number of rotatable bonds is 2. The molecule has 0 bridgehead atoms. The Balaban J connectivity index is 2.04. The Bertz CT molecular complexity index is 737. The third-order valence-electron chi connectivity index (χ3n) is 4.08. The van der Waals surface area contributed by atoms with Crippen molar-refractivity contribution < 1.29 is 15.0 Å².